The molecule has 1 aliphatic carbocycles. The lowest BCUT2D eigenvalue weighted by molar-refractivity contribution is -0.142. The fourth-order valence-corrected chi connectivity index (χ4v) is 3.72. The summed E-state index contributed by atoms with van der Waals surface area (Å²) in [6, 6.07) is 11.5. The molecule has 0 aromatic heterocycles. The summed E-state index contributed by atoms with van der Waals surface area (Å²) < 4.78 is 11.0. The number of ether oxygens (including phenoxy) is 2. The third kappa shape index (κ3) is 4.80. The molecule has 2 aromatic rings. The molecule has 4 nitrogen and oxygen atoms in total. The highest BCUT2D eigenvalue weighted by Crippen LogP contribution is 2.34. The Morgan fingerprint density at radius 1 is 0.964 bits per heavy atom. The van der Waals surface area contributed by atoms with Gasteiger partial charge in [-0.1, -0.05) is 37.6 Å². The van der Waals surface area contributed by atoms with E-state index in [0.29, 0.717) is 17.9 Å². The molecule has 0 amide bonds. The largest absolute Gasteiger partial charge is 0.466 e. The molecule has 0 unspecified atom stereocenters. The molecule has 1 aliphatic rings. The zero-order valence-electron chi connectivity index (χ0n) is 16.8. The van der Waals surface area contributed by atoms with Crippen LogP contribution in [0.5, 0.6) is 5.75 Å². The van der Waals surface area contributed by atoms with Crippen molar-refractivity contribution >= 4 is 11.9 Å². The summed E-state index contributed by atoms with van der Waals surface area (Å²) in [7, 11) is 0. The highest BCUT2D eigenvalue weighted by Gasteiger charge is 2.22. The zero-order valence-corrected chi connectivity index (χ0v) is 16.8. The number of rotatable bonds is 7. The fraction of sp³-hybridized carbons (Fsp3) is 0.417. The van der Waals surface area contributed by atoms with Crippen LogP contribution in [0.25, 0.3) is 0 Å². The summed E-state index contributed by atoms with van der Waals surface area (Å²) in [5.74, 6) is -0.139. The van der Waals surface area contributed by atoms with Crippen LogP contribution in [-0.2, 0) is 35.2 Å². The van der Waals surface area contributed by atoms with Crippen LogP contribution in [0.3, 0.4) is 0 Å². The van der Waals surface area contributed by atoms with E-state index in [1.807, 2.05) is 30.3 Å². The molecule has 4 heteroatoms. The summed E-state index contributed by atoms with van der Waals surface area (Å²) >= 11 is 0. The SMILES string of the molecule is CCCc1ccc(C(=O)Oc2c(CC(=O)OCC)ccc3c2CCCC3)cc1. The lowest BCUT2D eigenvalue weighted by atomic mass is 9.88. The minimum Gasteiger partial charge on any atom is -0.466 e. The molecule has 0 fully saturated rings. The van der Waals surface area contributed by atoms with Gasteiger partial charge in [0, 0.05) is 5.56 Å². The van der Waals surface area contributed by atoms with E-state index in [4.69, 9.17) is 9.47 Å². The normalized spacial score (nSPS) is 12.9. The maximum Gasteiger partial charge on any atom is 0.343 e. The second kappa shape index (κ2) is 9.54. The first-order chi connectivity index (χ1) is 13.6. The molecule has 0 N–H and O–H groups in total. The summed E-state index contributed by atoms with van der Waals surface area (Å²) in [5.41, 5.74) is 4.72. The van der Waals surface area contributed by atoms with Gasteiger partial charge in [0.05, 0.1) is 18.6 Å². The van der Waals surface area contributed by atoms with Gasteiger partial charge in [-0.05, 0) is 67.9 Å². The third-order valence-corrected chi connectivity index (χ3v) is 5.13. The smallest absolute Gasteiger partial charge is 0.343 e. The maximum atomic E-state index is 12.8. The van der Waals surface area contributed by atoms with Crippen LogP contribution in [0.2, 0.25) is 0 Å². The Bertz CT molecular complexity index is 836. The third-order valence-electron chi connectivity index (χ3n) is 5.13. The fourth-order valence-electron chi connectivity index (χ4n) is 3.72. The average Bonchev–Trinajstić information content (AvgIpc) is 2.70. The number of aryl methyl sites for hydroxylation is 2. The van der Waals surface area contributed by atoms with Crippen molar-refractivity contribution in [2.45, 2.75) is 58.8 Å². The van der Waals surface area contributed by atoms with Gasteiger partial charge in [0.2, 0.25) is 0 Å². The highest BCUT2D eigenvalue weighted by molar-refractivity contribution is 5.91. The summed E-state index contributed by atoms with van der Waals surface area (Å²) in [4.78, 5) is 24.8. The first kappa shape index (κ1) is 20.1. The molecule has 0 aliphatic heterocycles. The van der Waals surface area contributed by atoms with Crippen molar-refractivity contribution in [1.82, 2.24) is 0 Å². The number of carbonyl (C=O) groups is 2. The van der Waals surface area contributed by atoms with Crippen molar-refractivity contribution in [2.75, 3.05) is 6.61 Å². The Balaban J connectivity index is 1.87. The van der Waals surface area contributed by atoms with E-state index >= 15 is 0 Å². The van der Waals surface area contributed by atoms with E-state index in [9.17, 15) is 9.59 Å². The molecule has 0 atom stereocenters. The molecule has 0 heterocycles. The Labute approximate surface area is 166 Å². The predicted molar refractivity (Wildman–Crippen MR) is 109 cm³/mol. The first-order valence-corrected chi connectivity index (χ1v) is 10.2. The molecular weight excluding hydrogens is 352 g/mol. The molecule has 148 valence electrons. The van der Waals surface area contributed by atoms with Crippen molar-refractivity contribution in [3.8, 4) is 5.75 Å². The first-order valence-electron chi connectivity index (χ1n) is 10.2. The van der Waals surface area contributed by atoms with Gasteiger partial charge in [-0.2, -0.15) is 0 Å². The standard InChI is InChI=1S/C24H28O4/c1-3-7-17-10-12-19(13-11-17)24(26)28-23-20(16-22(25)27-4-2)15-14-18-8-5-6-9-21(18)23/h10-15H,3-9,16H2,1-2H3. The van der Waals surface area contributed by atoms with E-state index in [1.54, 1.807) is 6.92 Å². The molecule has 2 aromatic carbocycles. The number of esters is 2. The molecule has 0 radical (unpaired) electrons. The van der Waals surface area contributed by atoms with Gasteiger partial charge in [0.1, 0.15) is 5.75 Å². The topological polar surface area (TPSA) is 52.6 Å². The maximum absolute atomic E-state index is 12.8. The highest BCUT2D eigenvalue weighted by atomic mass is 16.5. The minimum atomic E-state index is -0.382. The van der Waals surface area contributed by atoms with Crippen LogP contribution in [0.15, 0.2) is 36.4 Å². The Morgan fingerprint density at radius 3 is 2.43 bits per heavy atom. The van der Waals surface area contributed by atoms with Crippen LogP contribution in [0.1, 0.15) is 65.7 Å². The van der Waals surface area contributed by atoms with Crippen molar-refractivity contribution in [3.63, 3.8) is 0 Å². The molecule has 0 saturated carbocycles. The number of fused-ring (bicyclic) bond motifs is 1. The van der Waals surface area contributed by atoms with E-state index in [2.05, 4.69) is 13.0 Å². The van der Waals surface area contributed by atoms with E-state index in [0.717, 1.165) is 49.7 Å². The van der Waals surface area contributed by atoms with Crippen molar-refractivity contribution in [2.24, 2.45) is 0 Å². The van der Waals surface area contributed by atoms with Gasteiger partial charge < -0.3 is 9.47 Å². The Hall–Kier alpha value is -2.62. The second-order valence-corrected chi connectivity index (χ2v) is 7.22. The number of hydrogen-bond donors (Lipinski definition) is 0. The van der Waals surface area contributed by atoms with Gasteiger partial charge in [-0.25, -0.2) is 4.79 Å². The Morgan fingerprint density at radius 2 is 1.71 bits per heavy atom. The molecule has 0 spiro atoms. The lowest BCUT2D eigenvalue weighted by Gasteiger charge is -2.21. The molecular formula is C24H28O4. The van der Waals surface area contributed by atoms with Crippen LogP contribution in [0.4, 0.5) is 0 Å². The van der Waals surface area contributed by atoms with Gasteiger partial charge in [0.25, 0.3) is 0 Å². The van der Waals surface area contributed by atoms with Crippen LogP contribution in [-0.4, -0.2) is 18.5 Å². The van der Waals surface area contributed by atoms with Crippen molar-refractivity contribution in [1.29, 1.82) is 0 Å². The quantitative estimate of drug-likeness (QED) is 0.509. The van der Waals surface area contributed by atoms with Gasteiger partial charge in [0.15, 0.2) is 0 Å². The lowest BCUT2D eigenvalue weighted by Crippen LogP contribution is -2.16. The Kier molecular flexibility index (Phi) is 6.85. The minimum absolute atomic E-state index is 0.110. The van der Waals surface area contributed by atoms with Crippen LogP contribution < -0.4 is 4.74 Å². The van der Waals surface area contributed by atoms with Crippen LogP contribution in [0, 0.1) is 0 Å². The van der Waals surface area contributed by atoms with Crippen LogP contribution >= 0.6 is 0 Å². The zero-order chi connectivity index (χ0) is 19.9. The van der Waals surface area contributed by atoms with E-state index < -0.39 is 0 Å². The monoisotopic (exact) mass is 380 g/mol. The van der Waals surface area contributed by atoms with E-state index in [-0.39, 0.29) is 18.4 Å². The second-order valence-electron chi connectivity index (χ2n) is 7.22. The average molecular weight is 380 g/mol. The summed E-state index contributed by atoms with van der Waals surface area (Å²) in [6.45, 7) is 4.25. The molecule has 28 heavy (non-hydrogen) atoms. The van der Waals surface area contributed by atoms with Crippen molar-refractivity contribution < 1.29 is 19.1 Å². The van der Waals surface area contributed by atoms with Gasteiger partial charge >= 0.3 is 11.9 Å². The van der Waals surface area contributed by atoms with Gasteiger partial charge in [-0.15, -0.1) is 0 Å². The van der Waals surface area contributed by atoms with Gasteiger partial charge in [-0.3, -0.25) is 4.79 Å². The predicted octanol–water partition coefficient (Wildman–Crippen LogP) is 4.84. The molecule has 3 rings (SSSR count). The number of carbonyl (C=O) groups excluding carboxylic acids is 2. The van der Waals surface area contributed by atoms with Crippen molar-refractivity contribution in [3.05, 3.63) is 64.2 Å². The number of benzene rings is 2. The summed E-state index contributed by atoms with van der Waals surface area (Å²) in [5, 5.41) is 0. The molecule has 0 saturated heterocycles. The number of hydrogen-bond acceptors (Lipinski definition) is 4. The summed E-state index contributed by atoms with van der Waals surface area (Å²) in [6.07, 6.45) is 6.21. The molecule has 0 bridgehead atoms. The van der Waals surface area contributed by atoms with E-state index in [1.165, 1.54) is 11.1 Å².